The minimum atomic E-state index is 0.175. The predicted octanol–water partition coefficient (Wildman–Crippen LogP) is 4.46. The van der Waals surface area contributed by atoms with Gasteiger partial charge in [-0.15, -0.1) is 0 Å². The van der Waals surface area contributed by atoms with Gasteiger partial charge in [0.15, 0.2) is 0 Å². The summed E-state index contributed by atoms with van der Waals surface area (Å²) < 4.78 is 0. The van der Waals surface area contributed by atoms with E-state index in [2.05, 4.69) is 36.5 Å². The number of hydrogen-bond donors (Lipinski definition) is 0. The Bertz CT molecular complexity index is 257. The maximum absolute atomic E-state index is 11.3. The summed E-state index contributed by atoms with van der Waals surface area (Å²) in [7, 11) is 0. The van der Waals surface area contributed by atoms with Crippen molar-refractivity contribution in [3.63, 3.8) is 0 Å². The van der Waals surface area contributed by atoms with Crippen molar-refractivity contribution in [3.8, 4) is 0 Å². The molecule has 0 N–H and O–H groups in total. The molecule has 0 aromatic heterocycles. The Kier molecular flexibility index (Phi) is 9.69. The van der Waals surface area contributed by atoms with Crippen LogP contribution in [0.1, 0.15) is 46.5 Å². The van der Waals surface area contributed by atoms with Gasteiger partial charge < -0.3 is 0 Å². The van der Waals surface area contributed by atoms with Gasteiger partial charge >= 0.3 is 0 Å². The van der Waals surface area contributed by atoms with Crippen molar-refractivity contribution in [2.45, 2.75) is 46.5 Å². The zero-order valence-electron chi connectivity index (χ0n) is 10.8. The van der Waals surface area contributed by atoms with E-state index in [-0.39, 0.29) is 5.92 Å². The Morgan fingerprint density at radius 2 is 1.56 bits per heavy atom. The Balaban J connectivity index is 3.48. The van der Waals surface area contributed by atoms with Crippen LogP contribution in [0.4, 0.5) is 0 Å². The molecule has 0 aliphatic carbocycles. The molecule has 0 saturated heterocycles. The van der Waals surface area contributed by atoms with Gasteiger partial charge in [0.2, 0.25) is 0 Å². The molecule has 0 aromatic rings. The largest absolute Gasteiger partial charge is 0.299 e. The fourth-order valence-corrected chi connectivity index (χ4v) is 1.21. The Morgan fingerprint density at radius 1 is 1.00 bits per heavy atom. The summed E-state index contributed by atoms with van der Waals surface area (Å²) in [6.07, 6.45) is 16.2. The van der Waals surface area contributed by atoms with Crippen LogP contribution in [0.3, 0.4) is 0 Å². The van der Waals surface area contributed by atoms with E-state index in [4.69, 9.17) is 0 Å². The van der Waals surface area contributed by atoms with Crippen LogP contribution in [-0.4, -0.2) is 5.78 Å². The molecule has 0 bridgehead atoms. The van der Waals surface area contributed by atoms with Crippen molar-refractivity contribution < 1.29 is 4.79 Å². The van der Waals surface area contributed by atoms with Gasteiger partial charge in [-0.1, -0.05) is 50.3 Å². The summed E-state index contributed by atoms with van der Waals surface area (Å²) in [4.78, 5) is 11.3. The molecule has 90 valence electrons. The summed E-state index contributed by atoms with van der Waals surface area (Å²) in [5, 5.41) is 0. The summed E-state index contributed by atoms with van der Waals surface area (Å²) >= 11 is 0. The van der Waals surface area contributed by atoms with Crippen LogP contribution in [0, 0.1) is 5.92 Å². The van der Waals surface area contributed by atoms with E-state index >= 15 is 0 Å². The first-order valence-corrected chi connectivity index (χ1v) is 6.12. The molecule has 0 unspecified atom stereocenters. The van der Waals surface area contributed by atoms with Crippen LogP contribution in [0.25, 0.3) is 0 Å². The summed E-state index contributed by atoms with van der Waals surface area (Å²) in [6.45, 7) is 5.94. The highest BCUT2D eigenvalue weighted by Gasteiger charge is 2.04. The SMILES string of the molecule is C/C=C\C/C=C\C/C=C\CCC(=O)C(C)C. The van der Waals surface area contributed by atoms with Gasteiger partial charge in [-0.05, 0) is 26.2 Å². The zero-order valence-corrected chi connectivity index (χ0v) is 10.8. The first-order valence-electron chi connectivity index (χ1n) is 6.12. The fraction of sp³-hybridized carbons (Fsp3) is 0.533. The number of rotatable bonds is 8. The third kappa shape index (κ3) is 9.45. The molecule has 0 aromatic carbocycles. The quantitative estimate of drug-likeness (QED) is 0.552. The van der Waals surface area contributed by atoms with E-state index in [1.165, 1.54) is 0 Å². The maximum Gasteiger partial charge on any atom is 0.135 e. The van der Waals surface area contributed by atoms with Crippen molar-refractivity contribution in [1.82, 2.24) is 0 Å². The lowest BCUT2D eigenvalue weighted by molar-refractivity contribution is -0.121. The lowest BCUT2D eigenvalue weighted by Crippen LogP contribution is -2.05. The fourth-order valence-electron chi connectivity index (χ4n) is 1.21. The molecule has 0 atom stereocenters. The second kappa shape index (κ2) is 10.4. The smallest absolute Gasteiger partial charge is 0.135 e. The molecule has 0 rings (SSSR count). The van der Waals surface area contributed by atoms with Crippen LogP contribution in [0.15, 0.2) is 36.5 Å². The van der Waals surface area contributed by atoms with Crippen molar-refractivity contribution in [2.75, 3.05) is 0 Å². The number of allylic oxidation sites excluding steroid dienone is 6. The van der Waals surface area contributed by atoms with Crippen LogP contribution >= 0.6 is 0 Å². The van der Waals surface area contributed by atoms with Gasteiger partial charge in [0, 0.05) is 12.3 Å². The molecule has 0 aliphatic heterocycles. The molecular weight excluding hydrogens is 196 g/mol. The lowest BCUT2D eigenvalue weighted by Gasteiger charge is -1.99. The topological polar surface area (TPSA) is 17.1 Å². The number of carbonyl (C=O) groups is 1. The zero-order chi connectivity index (χ0) is 12.2. The number of ketones is 1. The third-order valence-corrected chi connectivity index (χ3v) is 2.31. The normalized spacial score (nSPS) is 12.5. The van der Waals surface area contributed by atoms with Gasteiger partial charge in [0.05, 0.1) is 0 Å². The van der Waals surface area contributed by atoms with Crippen LogP contribution < -0.4 is 0 Å². The highest BCUT2D eigenvalue weighted by Crippen LogP contribution is 2.02. The minimum Gasteiger partial charge on any atom is -0.299 e. The number of carbonyl (C=O) groups excluding carboxylic acids is 1. The average molecular weight is 220 g/mol. The van der Waals surface area contributed by atoms with Gasteiger partial charge in [-0.25, -0.2) is 0 Å². The second-order valence-corrected chi connectivity index (χ2v) is 4.14. The van der Waals surface area contributed by atoms with Crippen LogP contribution in [0.5, 0.6) is 0 Å². The molecular formula is C15H24O. The standard InChI is InChI=1S/C15H24O/c1-4-5-6-7-8-9-10-11-12-13-15(16)14(2)3/h4-5,7-8,10-11,14H,6,9,12-13H2,1-3H3/b5-4-,8-7-,11-10-. The van der Waals surface area contributed by atoms with E-state index in [1.807, 2.05) is 20.8 Å². The predicted molar refractivity (Wildman–Crippen MR) is 71.4 cm³/mol. The third-order valence-electron chi connectivity index (χ3n) is 2.31. The van der Waals surface area contributed by atoms with E-state index in [0.29, 0.717) is 12.2 Å². The van der Waals surface area contributed by atoms with E-state index in [1.54, 1.807) is 0 Å². The van der Waals surface area contributed by atoms with Crippen molar-refractivity contribution >= 4 is 5.78 Å². The van der Waals surface area contributed by atoms with Crippen molar-refractivity contribution in [3.05, 3.63) is 36.5 Å². The monoisotopic (exact) mass is 220 g/mol. The molecule has 0 fully saturated rings. The summed E-state index contributed by atoms with van der Waals surface area (Å²) in [6, 6.07) is 0. The second-order valence-electron chi connectivity index (χ2n) is 4.14. The van der Waals surface area contributed by atoms with Gasteiger partial charge in [-0.2, -0.15) is 0 Å². The van der Waals surface area contributed by atoms with Crippen LogP contribution in [0.2, 0.25) is 0 Å². The Labute approximate surface area is 99.9 Å². The molecule has 0 heterocycles. The van der Waals surface area contributed by atoms with E-state index in [9.17, 15) is 4.79 Å². The molecule has 16 heavy (non-hydrogen) atoms. The molecule has 0 amide bonds. The van der Waals surface area contributed by atoms with Gasteiger partial charge in [0.25, 0.3) is 0 Å². The lowest BCUT2D eigenvalue weighted by atomic mass is 10.0. The van der Waals surface area contributed by atoms with Gasteiger partial charge in [-0.3, -0.25) is 4.79 Å². The molecule has 1 nitrogen and oxygen atoms in total. The summed E-state index contributed by atoms with van der Waals surface area (Å²) in [5.41, 5.74) is 0. The van der Waals surface area contributed by atoms with E-state index < -0.39 is 0 Å². The van der Waals surface area contributed by atoms with E-state index in [0.717, 1.165) is 19.3 Å². The maximum atomic E-state index is 11.3. The highest BCUT2D eigenvalue weighted by molar-refractivity contribution is 5.80. The molecule has 0 aliphatic rings. The first kappa shape index (κ1) is 14.9. The molecule has 0 spiro atoms. The average Bonchev–Trinajstić information content (AvgIpc) is 2.26. The molecule has 0 saturated carbocycles. The van der Waals surface area contributed by atoms with Crippen molar-refractivity contribution in [2.24, 2.45) is 5.92 Å². The number of hydrogen-bond acceptors (Lipinski definition) is 1. The van der Waals surface area contributed by atoms with Gasteiger partial charge in [0.1, 0.15) is 5.78 Å². The number of Topliss-reactive ketones (excluding diaryl/α,β-unsaturated/α-hetero) is 1. The van der Waals surface area contributed by atoms with Crippen molar-refractivity contribution in [1.29, 1.82) is 0 Å². The Hall–Kier alpha value is -1.11. The molecule has 1 heteroatoms. The van der Waals surface area contributed by atoms with Crippen LogP contribution in [-0.2, 0) is 4.79 Å². The highest BCUT2D eigenvalue weighted by atomic mass is 16.1. The molecule has 0 radical (unpaired) electrons. The minimum absolute atomic E-state index is 0.175. The first-order chi connectivity index (χ1) is 7.68. The Morgan fingerprint density at radius 3 is 2.12 bits per heavy atom. The summed E-state index contributed by atoms with van der Waals surface area (Å²) in [5.74, 6) is 0.530.